The third-order valence-electron chi connectivity index (χ3n) is 4.43. The Balaban J connectivity index is 2.03. The zero-order chi connectivity index (χ0) is 18.7. The molecule has 0 spiro atoms. The van der Waals surface area contributed by atoms with Crippen molar-refractivity contribution in [2.75, 3.05) is 19.0 Å². The van der Waals surface area contributed by atoms with Gasteiger partial charge in [-0.2, -0.15) is 10.1 Å². The number of hydrogen-bond acceptors (Lipinski definition) is 6. The molecule has 0 bridgehead atoms. The molecule has 1 aromatic heterocycles. The topological polar surface area (TPSA) is 78.3 Å². The molecule has 3 rings (SSSR count). The van der Waals surface area contributed by atoms with Crippen molar-refractivity contribution < 1.29 is 14.3 Å². The highest BCUT2D eigenvalue weighted by Gasteiger charge is 2.32. The third kappa shape index (κ3) is 3.29. The molecule has 0 radical (unpaired) electrons. The minimum atomic E-state index is -0.357. The van der Waals surface area contributed by atoms with Gasteiger partial charge in [-0.1, -0.05) is 19.4 Å². The molecule has 7 heteroatoms. The first-order valence-electron chi connectivity index (χ1n) is 8.75. The number of anilines is 1. The van der Waals surface area contributed by atoms with Crippen molar-refractivity contribution in [2.45, 2.75) is 39.7 Å². The van der Waals surface area contributed by atoms with E-state index in [0.29, 0.717) is 29.6 Å². The lowest BCUT2D eigenvalue weighted by Crippen LogP contribution is -2.27. The molecule has 138 valence electrons. The number of methoxy groups -OCH3 is 1. The van der Waals surface area contributed by atoms with Gasteiger partial charge in [-0.25, -0.2) is 4.68 Å². The van der Waals surface area contributed by atoms with Gasteiger partial charge in [-0.15, -0.1) is 0 Å². The van der Waals surface area contributed by atoms with Gasteiger partial charge < -0.3 is 14.8 Å². The van der Waals surface area contributed by atoms with Gasteiger partial charge in [-0.3, -0.25) is 4.79 Å². The van der Waals surface area contributed by atoms with Gasteiger partial charge >= 0.3 is 0 Å². The van der Waals surface area contributed by atoms with Gasteiger partial charge in [0.1, 0.15) is 12.4 Å². The third-order valence-corrected chi connectivity index (χ3v) is 4.43. The molecule has 1 aliphatic rings. The van der Waals surface area contributed by atoms with E-state index in [2.05, 4.69) is 22.3 Å². The number of benzene rings is 1. The average Bonchev–Trinajstić information content (AvgIpc) is 3.08. The van der Waals surface area contributed by atoms with Crippen molar-refractivity contribution in [3.05, 3.63) is 41.4 Å². The fraction of sp³-hybridized carbons (Fsp3) is 0.421. The van der Waals surface area contributed by atoms with Crippen molar-refractivity contribution in [1.82, 2.24) is 14.8 Å². The molecule has 1 atom stereocenters. The van der Waals surface area contributed by atoms with Gasteiger partial charge in [0.25, 0.3) is 0 Å². The first-order valence-corrected chi connectivity index (χ1v) is 8.75. The monoisotopic (exact) mass is 356 g/mol. The summed E-state index contributed by atoms with van der Waals surface area (Å²) in [5, 5.41) is 7.44. The van der Waals surface area contributed by atoms with Crippen LogP contribution in [0.1, 0.15) is 45.2 Å². The number of hydrogen-bond donors (Lipinski definition) is 1. The summed E-state index contributed by atoms with van der Waals surface area (Å²) >= 11 is 0. The summed E-state index contributed by atoms with van der Waals surface area (Å²) in [5.74, 6) is 1.94. The highest BCUT2D eigenvalue weighted by atomic mass is 16.5. The predicted molar refractivity (Wildman–Crippen MR) is 98.6 cm³/mol. The number of carbonyl (C=O) groups excluding carboxylic acids is 1. The SMILES string of the molecule is CCCCOc1ccc(C2C(C(C)=O)=C(C)Nc3ncnn32)cc1OC. The van der Waals surface area contributed by atoms with Gasteiger partial charge in [0, 0.05) is 11.3 Å². The molecule has 1 N–H and O–H groups in total. The first-order chi connectivity index (χ1) is 12.6. The van der Waals surface area contributed by atoms with E-state index in [1.54, 1.807) is 18.7 Å². The van der Waals surface area contributed by atoms with E-state index < -0.39 is 0 Å². The highest BCUT2D eigenvalue weighted by Crippen LogP contribution is 2.38. The Bertz CT molecular complexity index is 841. The molecule has 0 fully saturated rings. The van der Waals surface area contributed by atoms with Crippen LogP contribution in [0.3, 0.4) is 0 Å². The Morgan fingerprint density at radius 1 is 1.35 bits per heavy atom. The van der Waals surface area contributed by atoms with Crippen LogP contribution in [0.15, 0.2) is 35.8 Å². The molecule has 0 amide bonds. The van der Waals surface area contributed by atoms with Gasteiger partial charge in [0.15, 0.2) is 17.3 Å². The molecule has 1 aromatic carbocycles. The fourth-order valence-electron chi connectivity index (χ4n) is 3.16. The summed E-state index contributed by atoms with van der Waals surface area (Å²) in [6, 6.07) is 5.38. The number of Topliss-reactive ketones (excluding diaryl/α,β-unsaturated/α-hetero) is 1. The van der Waals surface area contributed by atoms with E-state index in [-0.39, 0.29) is 11.8 Å². The lowest BCUT2D eigenvalue weighted by molar-refractivity contribution is -0.114. The number of fused-ring (bicyclic) bond motifs is 1. The lowest BCUT2D eigenvalue weighted by atomic mass is 9.93. The normalized spacial score (nSPS) is 16.1. The van der Waals surface area contributed by atoms with Gasteiger partial charge in [-0.05, 0) is 38.0 Å². The molecule has 26 heavy (non-hydrogen) atoms. The molecular formula is C19H24N4O3. The number of carbonyl (C=O) groups is 1. The fourth-order valence-corrected chi connectivity index (χ4v) is 3.16. The quantitative estimate of drug-likeness (QED) is 0.767. The van der Waals surface area contributed by atoms with Crippen molar-refractivity contribution in [3.8, 4) is 11.5 Å². The number of nitrogens with one attached hydrogen (secondary N) is 1. The van der Waals surface area contributed by atoms with E-state index in [0.717, 1.165) is 24.1 Å². The summed E-state index contributed by atoms with van der Waals surface area (Å²) in [4.78, 5) is 16.5. The second-order valence-corrected chi connectivity index (χ2v) is 6.26. The number of ketones is 1. The lowest BCUT2D eigenvalue weighted by Gasteiger charge is -2.28. The standard InChI is InChI=1S/C19H24N4O3/c1-5-6-9-26-15-8-7-14(10-16(15)25-4)18-17(13(3)24)12(2)22-19-20-11-21-23(18)19/h7-8,10-11,18H,5-6,9H2,1-4H3,(H,20,21,22). The number of allylic oxidation sites excluding steroid dienone is 2. The van der Waals surface area contributed by atoms with Crippen LogP contribution in [0, 0.1) is 0 Å². The maximum absolute atomic E-state index is 12.3. The van der Waals surface area contributed by atoms with Crippen LogP contribution in [0.5, 0.6) is 11.5 Å². The number of rotatable bonds is 7. The van der Waals surface area contributed by atoms with E-state index in [9.17, 15) is 4.79 Å². The van der Waals surface area contributed by atoms with Crippen LogP contribution in [0.25, 0.3) is 0 Å². The second kappa shape index (κ2) is 7.59. The summed E-state index contributed by atoms with van der Waals surface area (Å²) in [7, 11) is 1.61. The Kier molecular flexibility index (Phi) is 5.25. The van der Waals surface area contributed by atoms with Crippen LogP contribution < -0.4 is 14.8 Å². The molecule has 0 saturated heterocycles. The summed E-state index contributed by atoms with van der Waals surface area (Å²) in [6.45, 7) is 6.20. The zero-order valence-corrected chi connectivity index (χ0v) is 15.6. The van der Waals surface area contributed by atoms with E-state index in [4.69, 9.17) is 9.47 Å². The summed E-state index contributed by atoms with van der Waals surface area (Å²) in [6.07, 6.45) is 3.53. The smallest absolute Gasteiger partial charge is 0.226 e. The molecule has 2 aromatic rings. The Labute approximate surface area is 153 Å². The molecule has 7 nitrogen and oxygen atoms in total. The predicted octanol–water partition coefficient (Wildman–Crippen LogP) is 3.34. The maximum atomic E-state index is 12.3. The molecule has 1 unspecified atom stereocenters. The van der Waals surface area contributed by atoms with E-state index in [1.807, 2.05) is 25.1 Å². The zero-order valence-electron chi connectivity index (χ0n) is 15.6. The molecular weight excluding hydrogens is 332 g/mol. The largest absolute Gasteiger partial charge is 0.493 e. The highest BCUT2D eigenvalue weighted by molar-refractivity contribution is 5.96. The van der Waals surface area contributed by atoms with Crippen LogP contribution in [-0.4, -0.2) is 34.3 Å². The van der Waals surface area contributed by atoms with Crippen LogP contribution >= 0.6 is 0 Å². The molecule has 0 aliphatic carbocycles. The van der Waals surface area contributed by atoms with Crippen molar-refractivity contribution in [3.63, 3.8) is 0 Å². The first kappa shape index (κ1) is 18.0. The Hall–Kier alpha value is -2.83. The van der Waals surface area contributed by atoms with Crippen LogP contribution in [0.4, 0.5) is 5.95 Å². The number of ether oxygens (including phenoxy) is 2. The molecule has 1 aliphatic heterocycles. The van der Waals surface area contributed by atoms with Crippen molar-refractivity contribution in [1.29, 1.82) is 0 Å². The van der Waals surface area contributed by atoms with Gasteiger partial charge in [0.2, 0.25) is 5.95 Å². The minimum absolute atomic E-state index is 0.0108. The van der Waals surface area contributed by atoms with Crippen molar-refractivity contribution in [2.24, 2.45) is 0 Å². The van der Waals surface area contributed by atoms with Crippen molar-refractivity contribution >= 4 is 11.7 Å². The minimum Gasteiger partial charge on any atom is -0.493 e. The number of nitrogens with zero attached hydrogens (tertiary/aromatic N) is 3. The van der Waals surface area contributed by atoms with Gasteiger partial charge in [0.05, 0.1) is 13.7 Å². The Morgan fingerprint density at radius 3 is 2.85 bits per heavy atom. The second-order valence-electron chi connectivity index (χ2n) is 6.26. The molecule has 0 saturated carbocycles. The summed E-state index contributed by atoms with van der Waals surface area (Å²) in [5.41, 5.74) is 2.33. The molecule has 2 heterocycles. The average molecular weight is 356 g/mol. The van der Waals surface area contributed by atoms with E-state index >= 15 is 0 Å². The summed E-state index contributed by atoms with van der Waals surface area (Å²) < 4.78 is 13.0. The number of unbranched alkanes of at least 4 members (excludes halogenated alkanes) is 1. The van der Waals surface area contributed by atoms with E-state index in [1.165, 1.54) is 6.33 Å². The maximum Gasteiger partial charge on any atom is 0.226 e. The van der Waals surface area contributed by atoms with Crippen LogP contribution in [-0.2, 0) is 4.79 Å². The Morgan fingerprint density at radius 2 is 2.15 bits per heavy atom. The number of aromatic nitrogens is 3. The van der Waals surface area contributed by atoms with Crippen LogP contribution in [0.2, 0.25) is 0 Å².